The zero-order valence-corrected chi connectivity index (χ0v) is 6.10. The number of nitrogens with one attached hydrogen (secondary N) is 1. The molecule has 1 heterocycles. The van der Waals surface area contributed by atoms with Gasteiger partial charge in [-0.05, 0) is 24.7 Å². The largest absolute Gasteiger partial charge is 0.313 e. The van der Waals surface area contributed by atoms with E-state index in [-0.39, 0.29) is 0 Å². The summed E-state index contributed by atoms with van der Waals surface area (Å²) in [5.74, 6) is 0. The molecule has 0 amide bonds. The zero-order chi connectivity index (χ0) is 7.03. The zero-order valence-electron chi connectivity index (χ0n) is 6.10. The van der Waals surface area contributed by atoms with Crippen LogP contribution in [0, 0.1) is 5.41 Å². The minimum atomic E-state index is 0.381. The number of carbonyl (C=O) groups excluding carboxylic acids is 1. The summed E-state index contributed by atoms with van der Waals surface area (Å²) in [6.45, 7) is 1.08. The van der Waals surface area contributed by atoms with Crippen LogP contribution in [0.4, 0.5) is 0 Å². The van der Waals surface area contributed by atoms with E-state index >= 15 is 0 Å². The lowest BCUT2D eigenvalue weighted by Gasteiger charge is -2.22. The molecular formula is C8H13NO. The minimum absolute atomic E-state index is 0.381. The number of piperidine rings is 1. The Morgan fingerprint density at radius 2 is 2.60 bits per heavy atom. The van der Waals surface area contributed by atoms with Gasteiger partial charge in [0.2, 0.25) is 0 Å². The van der Waals surface area contributed by atoms with Crippen LogP contribution >= 0.6 is 0 Å². The van der Waals surface area contributed by atoms with Gasteiger partial charge in [0.25, 0.3) is 0 Å². The van der Waals surface area contributed by atoms with Crippen LogP contribution in [-0.2, 0) is 4.79 Å². The third kappa shape index (κ3) is 0.788. The third-order valence-corrected chi connectivity index (χ3v) is 2.98. The summed E-state index contributed by atoms with van der Waals surface area (Å²) in [6.07, 6.45) is 5.65. The Kier molecular flexibility index (Phi) is 1.31. The molecule has 0 aromatic carbocycles. The molecule has 1 saturated carbocycles. The van der Waals surface area contributed by atoms with Crippen molar-refractivity contribution in [2.24, 2.45) is 5.41 Å². The molecule has 0 aromatic rings. The van der Waals surface area contributed by atoms with E-state index in [1.807, 2.05) is 0 Å². The summed E-state index contributed by atoms with van der Waals surface area (Å²) in [6, 6.07) is 0.736. The fraction of sp³-hybridized carbons (Fsp3) is 0.875. The van der Waals surface area contributed by atoms with Crippen LogP contribution in [0.1, 0.15) is 25.7 Å². The maximum atomic E-state index is 10.3. The lowest BCUT2D eigenvalue weighted by Crippen LogP contribution is -2.29. The van der Waals surface area contributed by atoms with Gasteiger partial charge in [-0.15, -0.1) is 0 Å². The SMILES string of the molecule is O=CCC12CCC(C1)NC2. The topological polar surface area (TPSA) is 29.1 Å². The fourth-order valence-electron chi connectivity index (χ4n) is 2.34. The van der Waals surface area contributed by atoms with Gasteiger partial charge in [-0.25, -0.2) is 0 Å². The van der Waals surface area contributed by atoms with Gasteiger partial charge >= 0.3 is 0 Å². The fourth-order valence-corrected chi connectivity index (χ4v) is 2.34. The highest BCUT2D eigenvalue weighted by molar-refractivity contribution is 5.51. The van der Waals surface area contributed by atoms with Crippen LogP contribution in [0.3, 0.4) is 0 Å². The molecule has 1 aliphatic carbocycles. The first kappa shape index (κ1) is 6.35. The van der Waals surface area contributed by atoms with Crippen molar-refractivity contribution in [3.05, 3.63) is 0 Å². The number of aldehydes is 1. The monoisotopic (exact) mass is 139 g/mol. The van der Waals surface area contributed by atoms with Gasteiger partial charge in [-0.3, -0.25) is 0 Å². The Bertz CT molecular complexity index is 147. The summed E-state index contributed by atoms with van der Waals surface area (Å²) in [4.78, 5) is 10.3. The molecule has 1 saturated heterocycles. The highest BCUT2D eigenvalue weighted by atomic mass is 16.1. The van der Waals surface area contributed by atoms with Crippen LogP contribution in [0.5, 0.6) is 0 Å². The molecular weight excluding hydrogens is 126 g/mol. The first-order valence-corrected chi connectivity index (χ1v) is 4.02. The van der Waals surface area contributed by atoms with Crippen molar-refractivity contribution in [3.63, 3.8) is 0 Å². The molecule has 2 bridgehead atoms. The van der Waals surface area contributed by atoms with Gasteiger partial charge in [0, 0.05) is 19.0 Å². The normalized spacial score (nSPS) is 44.2. The van der Waals surface area contributed by atoms with Crippen LogP contribution in [-0.4, -0.2) is 18.9 Å². The smallest absolute Gasteiger partial charge is 0.120 e. The number of hydrogen-bond acceptors (Lipinski definition) is 2. The molecule has 2 heteroatoms. The Balaban J connectivity index is 2.07. The lowest BCUT2D eigenvalue weighted by atomic mass is 9.85. The number of carbonyl (C=O) groups is 1. The quantitative estimate of drug-likeness (QED) is 0.571. The van der Waals surface area contributed by atoms with E-state index in [0.29, 0.717) is 5.41 Å². The van der Waals surface area contributed by atoms with Gasteiger partial charge in [-0.1, -0.05) is 0 Å². The van der Waals surface area contributed by atoms with Crippen molar-refractivity contribution in [1.29, 1.82) is 0 Å². The molecule has 1 N–H and O–H groups in total. The predicted octanol–water partition coefficient (Wildman–Crippen LogP) is 0.718. The maximum Gasteiger partial charge on any atom is 0.120 e. The molecule has 1 aliphatic heterocycles. The van der Waals surface area contributed by atoms with Crippen LogP contribution < -0.4 is 5.32 Å². The molecule has 56 valence electrons. The number of rotatable bonds is 2. The Labute approximate surface area is 61.0 Å². The first-order valence-electron chi connectivity index (χ1n) is 4.02. The molecule has 0 radical (unpaired) electrons. The summed E-state index contributed by atoms with van der Waals surface area (Å²) in [7, 11) is 0. The highest BCUT2D eigenvalue weighted by Gasteiger charge is 2.43. The molecule has 2 nitrogen and oxygen atoms in total. The first-order chi connectivity index (χ1) is 4.85. The van der Waals surface area contributed by atoms with Crippen molar-refractivity contribution in [1.82, 2.24) is 5.32 Å². The second kappa shape index (κ2) is 2.06. The predicted molar refractivity (Wildman–Crippen MR) is 38.8 cm³/mol. The van der Waals surface area contributed by atoms with Crippen molar-refractivity contribution in [2.75, 3.05) is 6.54 Å². The Morgan fingerprint density at radius 1 is 1.70 bits per heavy atom. The Hall–Kier alpha value is -0.370. The summed E-state index contributed by atoms with van der Waals surface area (Å²) in [5, 5.41) is 3.42. The molecule has 2 fully saturated rings. The number of hydrogen-bond donors (Lipinski definition) is 1. The van der Waals surface area contributed by atoms with Crippen molar-refractivity contribution < 1.29 is 4.79 Å². The molecule has 2 atom stereocenters. The van der Waals surface area contributed by atoms with Crippen LogP contribution in [0.2, 0.25) is 0 Å². The average molecular weight is 139 g/mol. The maximum absolute atomic E-state index is 10.3. The van der Waals surface area contributed by atoms with Gasteiger partial charge < -0.3 is 10.1 Å². The second-order valence-corrected chi connectivity index (χ2v) is 3.69. The van der Waals surface area contributed by atoms with Crippen LogP contribution in [0.15, 0.2) is 0 Å². The van der Waals surface area contributed by atoms with E-state index in [2.05, 4.69) is 5.32 Å². The molecule has 0 aromatic heterocycles. The minimum Gasteiger partial charge on any atom is -0.313 e. The van der Waals surface area contributed by atoms with Gasteiger partial charge in [0.15, 0.2) is 0 Å². The Morgan fingerprint density at radius 3 is 3.00 bits per heavy atom. The van der Waals surface area contributed by atoms with E-state index in [9.17, 15) is 4.79 Å². The third-order valence-electron chi connectivity index (χ3n) is 2.98. The highest BCUT2D eigenvalue weighted by Crippen LogP contribution is 2.44. The summed E-state index contributed by atoms with van der Waals surface area (Å²) in [5.41, 5.74) is 0.381. The lowest BCUT2D eigenvalue weighted by molar-refractivity contribution is -0.109. The molecule has 2 aliphatic rings. The molecule has 0 spiro atoms. The van der Waals surface area contributed by atoms with E-state index in [4.69, 9.17) is 0 Å². The molecule has 2 unspecified atom stereocenters. The van der Waals surface area contributed by atoms with Crippen molar-refractivity contribution in [2.45, 2.75) is 31.7 Å². The molecule has 2 rings (SSSR count). The van der Waals surface area contributed by atoms with Gasteiger partial charge in [0.1, 0.15) is 6.29 Å². The van der Waals surface area contributed by atoms with E-state index in [1.165, 1.54) is 19.3 Å². The van der Waals surface area contributed by atoms with E-state index in [1.54, 1.807) is 0 Å². The van der Waals surface area contributed by atoms with Crippen molar-refractivity contribution in [3.8, 4) is 0 Å². The van der Waals surface area contributed by atoms with Crippen LogP contribution in [0.25, 0.3) is 0 Å². The van der Waals surface area contributed by atoms with E-state index < -0.39 is 0 Å². The summed E-state index contributed by atoms with van der Waals surface area (Å²) < 4.78 is 0. The average Bonchev–Trinajstić information content (AvgIpc) is 2.46. The number of fused-ring (bicyclic) bond motifs is 2. The van der Waals surface area contributed by atoms with E-state index in [0.717, 1.165) is 25.3 Å². The molecule has 10 heavy (non-hydrogen) atoms. The standard InChI is InChI=1S/C8H13NO/c10-4-3-8-2-1-7(5-8)9-6-8/h4,7,9H,1-3,5-6H2. The van der Waals surface area contributed by atoms with Gasteiger partial charge in [-0.2, -0.15) is 0 Å². The van der Waals surface area contributed by atoms with Crippen molar-refractivity contribution >= 4 is 6.29 Å². The summed E-state index contributed by atoms with van der Waals surface area (Å²) >= 11 is 0. The second-order valence-electron chi connectivity index (χ2n) is 3.69. The van der Waals surface area contributed by atoms with Gasteiger partial charge in [0.05, 0.1) is 0 Å².